The van der Waals surface area contributed by atoms with E-state index in [4.69, 9.17) is 23.8 Å². The Labute approximate surface area is 325 Å². The van der Waals surface area contributed by atoms with Crippen LogP contribution in [0.1, 0.15) is 53.1 Å². The molecule has 5 aromatic heterocycles. The first-order valence-electron chi connectivity index (χ1n) is 17.6. The Bertz CT molecular complexity index is 2530. The van der Waals surface area contributed by atoms with Gasteiger partial charge in [0.2, 0.25) is 11.6 Å². The number of fused-ring (bicyclic) bond motifs is 5. The molecule has 0 fully saturated rings. The molecule has 7 nitrogen and oxygen atoms in total. The van der Waals surface area contributed by atoms with Crippen molar-refractivity contribution in [1.29, 1.82) is 0 Å². The van der Waals surface area contributed by atoms with Crippen LogP contribution >= 0.6 is 0 Å². The van der Waals surface area contributed by atoms with E-state index in [-0.39, 0.29) is 30.9 Å². The van der Waals surface area contributed by atoms with Crippen molar-refractivity contribution in [2.45, 2.75) is 72.0 Å². The van der Waals surface area contributed by atoms with Gasteiger partial charge in [0.05, 0.1) is 13.7 Å². The number of nitrogens with zero attached hydrogens (tertiary/aromatic N) is 5. The second kappa shape index (κ2) is 14.5. The van der Waals surface area contributed by atoms with Gasteiger partial charge in [-0.05, 0) is 17.5 Å². The monoisotopic (exact) mass is 894 g/mol. The number of benzene rings is 3. The summed E-state index contributed by atoms with van der Waals surface area (Å²) in [5.74, 6) is 0.651. The van der Waals surface area contributed by atoms with Gasteiger partial charge < -0.3 is 13.8 Å². The third-order valence-corrected chi connectivity index (χ3v) is 11.0. The van der Waals surface area contributed by atoms with Crippen molar-refractivity contribution in [1.82, 2.24) is 24.9 Å². The fourth-order valence-corrected chi connectivity index (χ4v) is 7.12. The number of pyridine rings is 2. The molecule has 0 aliphatic heterocycles. The smallest absolute Gasteiger partial charge is 0.248 e. The van der Waals surface area contributed by atoms with Crippen molar-refractivity contribution in [3.05, 3.63) is 121 Å². The summed E-state index contributed by atoms with van der Waals surface area (Å²) in [6, 6.07) is 34.8. The van der Waals surface area contributed by atoms with Gasteiger partial charge in [-0.25, -0.2) is 15.0 Å². The van der Waals surface area contributed by atoms with Gasteiger partial charge in [-0.3, -0.25) is 4.98 Å². The first-order chi connectivity index (χ1) is 24.7. The van der Waals surface area contributed by atoms with E-state index < -0.39 is 8.07 Å². The van der Waals surface area contributed by atoms with E-state index in [9.17, 15) is 0 Å². The Morgan fingerprint density at radius 2 is 1.43 bits per heavy atom. The molecule has 0 saturated heterocycles. The summed E-state index contributed by atoms with van der Waals surface area (Å²) >= 11 is 0. The molecule has 271 valence electrons. The first kappa shape index (κ1) is 37.9. The summed E-state index contributed by atoms with van der Waals surface area (Å²) in [5.41, 5.74) is 8.85. The molecule has 0 saturated carbocycles. The predicted molar refractivity (Wildman–Crippen MR) is 213 cm³/mol. The Hall–Kier alpha value is -4.82. The molecule has 0 amide bonds. The molecule has 53 heavy (non-hydrogen) atoms. The first-order valence-corrected chi connectivity index (χ1v) is 21.1. The fourth-order valence-electron chi connectivity index (χ4n) is 5.97. The number of hydrogen-bond donors (Lipinski definition) is 0. The predicted octanol–water partition coefficient (Wildman–Crippen LogP) is 10.7. The second-order valence-electron chi connectivity index (χ2n) is 16.1. The summed E-state index contributed by atoms with van der Waals surface area (Å²) in [7, 11) is -1.52. The molecule has 0 bridgehead atoms. The Kier molecular flexibility index (Phi) is 10.4. The molecule has 0 atom stereocenters. The fraction of sp³-hybridized carbons (Fsp3) is 0.250. The van der Waals surface area contributed by atoms with Crippen molar-refractivity contribution in [3.8, 4) is 33.8 Å². The van der Waals surface area contributed by atoms with Crippen LogP contribution in [0.25, 0.3) is 66.9 Å². The molecule has 8 rings (SSSR count). The zero-order valence-corrected chi connectivity index (χ0v) is 35.0. The maximum Gasteiger partial charge on any atom is 0.248 e. The molecule has 0 aliphatic rings. The van der Waals surface area contributed by atoms with Gasteiger partial charge in [0.15, 0.2) is 0 Å². The van der Waals surface area contributed by atoms with E-state index in [0.717, 1.165) is 55.8 Å². The summed E-state index contributed by atoms with van der Waals surface area (Å²) in [5, 5.41) is 3.20. The quantitative estimate of drug-likeness (QED) is 0.128. The Balaban J connectivity index is 0.000000238. The Morgan fingerprint density at radius 1 is 0.679 bits per heavy atom. The molecule has 8 aromatic rings. The second-order valence-corrected chi connectivity index (χ2v) is 21.2. The van der Waals surface area contributed by atoms with Crippen LogP contribution in [-0.2, 0) is 30.9 Å². The molecule has 0 N–H and O–H groups in total. The van der Waals surface area contributed by atoms with Crippen molar-refractivity contribution >= 4 is 46.4 Å². The van der Waals surface area contributed by atoms with Crippen LogP contribution in [0.3, 0.4) is 0 Å². The summed E-state index contributed by atoms with van der Waals surface area (Å²) < 4.78 is 12.9. The maximum atomic E-state index is 6.65. The van der Waals surface area contributed by atoms with Gasteiger partial charge in [-0.15, -0.1) is 54.1 Å². The van der Waals surface area contributed by atoms with Crippen molar-refractivity contribution < 1.29 is 28.9 Å². The van der Waals surface area contributed by atoms with Crippen LogP contribution in [0.4, 0.5) is 0 Å². The van der Waals surface area contributed by atoms with Crippen molar-refractivity contribution in [2.75, 3.05) is 0 Å². The van der Waals surface area contributed by atoms with Crippen LogP contribution in [-0.4, -0.2) is 33.0 Å². The number of aromatic nitrogens is 5. The largest absolute Gasteiger partial charge is 0.498 e. The van der Waals surface area contributed by atoms with Crippen LogP contribution in [0.2, 0.25) is 19.6 Å². The molecule has 3 aromatic carbocycles. The van der Waals surface area contributed by atoms with E-state index in [1.165, 1.54) is 5.19 Å². The molecule has 9 heteroatoms. The maximum absolute atomic E-state index is 6.65. The average Bonchev–Trinajstić information content (AvgIpc) is 3.74. The van der Waals surface area contributed by atoms with E-state index >= 15 is 0 Å². The van der Waals surface area contributed by atoms with E-state index in [2.05, 4.69) is 95.4 Å². The van der Waals surface area contributed by atoms with Crippen LogP contribution in [0, 0.1) is 12.1 Å². The third kappa shape index (κ3) is 7.79. The molecular weight excluding hydrogens is 851 g/mol. The molecular formula is C44H43IrN5O2Si-2. The SMILES string of the molecule is CC(C)(C)c1cc(-c2[c-]cccc2)ncn1.CC(C)(C)c1nc2c(nc(-c3ccccc3)c3oc4c(-c5cc([Si](C)(C)C)ccn5)[c-]ccc4c32)o1.[Ir]. The summed E-state index contributed by atoms with van der Waals surface area (Å²) in [6.07, 6.45) is 3.51. The average molecular weight is 894 g/mol. The minimum Gasteiger partial charge on any atom is -0.498 e. The normalized spacial score (nSPS) is 12.1. The molecule has 5 heterocycles. The molecule has 0 spiro atoms. The van der Waals surface area contributed by atoms with Gasteiger partial charge >= 0.3 is 0 Å². The summed E-state index contributed by atoms with van der Waals surface area (Å²) in [6.45, 7) is 19.7. The van der Waals surface area contributed by atoms with Crippen LogP contribution < -0.4 is 5.19 Å². The van der Waals surface area contributed by atoms with E-state index in [1.54, 1.807) is 6.33 Å². The van der Waals surface area contributed by atoms with Crippen molar-refractivity contribution in [2.24, 2.45) is 0 Å². The number of oxazole rings is 1. The number of rotatable bonds is 4. The van der Waals surface area contributed by atoms with Gasteiger partial charge in [-0.1, -0.05) is 120 Å². The van der Waals surface area contributed by atoms with Gasteiger partial charge in [0, 0.05) is 53.8 Å². The zero-order valence-electron chi connectivity index (χ0n) is 31.6. The van der Waals surface area contributed by atoms with Crippen LogP contribution in [0.5, 0.6) is 0 Å². The molecule has 1 radical (unpaired) electrons. The third-order valence-electron chi connectivity index (χ3n) is 8.92. The molecule has 0 aliphatic carbocycles. The van der Waals surface area contributed by atoms with Gasteiger partial charge in [0.25, 0.3) is 0 Å². The number of furan rings is 1. The Morgan fingerprint density at radius 3 is 2.11 bits per heavy atom. The molecule has 0 unspecified atom stereocenters. The van der Waals surface area contributed by atoms with E-state index in [0.29, 0.717) is 22.7 Å². The number of hydrogen-bond acceptors (Lipinski definition) is 7. The minimum absolute atomic E-state index is 0. The van der Waals surface area contributed by atoms with E-state index in [1.807, 2.05) is 79.0 Å². The topological polar surface area (TPSA) is 90.7 Å². The zero-order chi connectivity index (χ0) is 36.8. The standard InChI is InChI=1S/C30H28N3O2Si.C14H15N2.Ir/c1-30(2,3)29-33-25-23-21-14-10-13-20(22-17-19(15-16-31-22)36(4,5)6)26(21)34-27(23)24(32-28(25)35-29)18-11-8-7-9-12-18;1-14(2,3)13-9-12(15-10-16-13)11-7-5-4-6-8-11;/h7-12,14-17H,1-6H3;4-7,9-10H,1-3H3;/q2*-1;. The van der Waals surface area contributed by atoms with Gasteiger partial charge in [0.1, 0.15) is 23.1 Å². The van der Waals surface area contributed by atoms with Crippen LogP contribution in [0.15, 0.2) is 106 Å². The minimum atomic E-state index is -1.52. The van der Waals surface area contributed by atoms with Crippen molar-refractivity contribution in [3.63, 3.8) is 0 Å². The van der Waals surface area contributed by atoms with Gasteiger partial charge in [-0.2, -0.15) is 0 Å². The summed E-state index contributed by atoms with van der Waals surface area (Å²) in [4.78, 5) is 23.1.